The minimum absolute atomic E-state index is 0.105. The van der Waals surface area contributed by atoms with Gasteiger partial charge in [-0.3, -0.25) is 9.59 Å². The Hall–Kier alpha value is -3.39. The van der Waals surface area contributed by atoms with Gasteiger partial charge in [0.15, 0.2) is 0 Å². The summed E-state index contributed by atoms with van der Waals surface area (Å²) in [5.74, 6) is -1.04. The summed E-state index contributed by atoms with van der Waals surface area (Å²) in [6.45, 7) is 1.90. The average molecular weight is 303 g/mol. The fraction of sp³-hybridized carbons (Fsp3) is 0.0556. The van der Waals surface area contributed by atoms with E-state index in [0.29, 0.717) is 16.9 Å². The molecule has 5 heteroatoms. The first-order valence-electron chi connectivity index (χ1n) is 7.03. The maximum Gasteiger partial charge on any atom is 0.267 e. The number of benzene rings is 2. The Morgan fingerprint density at radius 1 is 1.17 bits per heavy atom. The lowest BCUT2D eigenvalue weighted by Gasteiger charge is -2.07. The van der Waals surface area contributed by atoms with E-state index in [1.54, 1.807) is 36.4 Å². The van der Waals surface area contributed by atoms with Crippen LogP contribution in [-0.4, -0.2) is 11.8 Å². The van der Waals surface area contributed by atoms with Crippen molar-refractivity contribution in [3.63, 3.8) is 0 Å². The highest BCUT2D eigenvalue weighted by Gasteiger charge is 2.30. The molecule has 0 fully saturated rings. The standard InChI is InChI=1S/C18H13N3O2/c1-11-5-4-6-12(9-11)20-17(22)14(10-19)16-13-7-2-3-8-15(13)21-18(16)23/h2-9H,1H3,(H,20,22)(H,21,23)/b16-14-. The van der Waals surface area contributed by atoms with Crippen LogP contribution in [0.15, 0.2) is 54.1 Å². The smallest absolute Gasteiger partial charge is 0.267 e. The maximum absolute atomic E-state index is 12.4. The zero-order valence-corrected chi connectivity index (χ0v) is 12.4. The molecule has 0 bridgehead atoms. The second-order valence-electron chi connectivity index (χ2n) is 5.19. The van der Waals surface area contributed by atoms with Crippen LogP contribution in [0.2, 0.25) is 0 Å². The predicted octanol–water partition coefficient (Wildman–Crippen LogP) is 2.86. The van der Waals surface area contributed by atoms with Gasteiger partial charge in [0.1, 0.15) is 11.6 Å². The molecule has 0 aliphatic carbocycles. The van der Waals surface area contributed by atoms with E-state index in [1.807, 2.05) is 25.1 Å². The van der Waals surface area contributed by atoms with E-state index in [1.165, 1.54) is 0 Å². The van der Waals surface area contributed by atoms with Crippen molar-refractivity contribution in [1.29, 1.82) is 5.26 Å². The Kier molecular flexibility index (Phi) is 3.65. The second kappa shape index (κ2) is 5.78. The number of carbonyl (C=O) groups is 2. The number of fused-ring (bicyclic) bond motifs is 1. The van der Waals surface area contributed by atoms with E-state index in [2.05, 4.69) is 10.6 Å². The molecule has 1 aliphatic rings. The van der Waals surface area contributed by atoms with Gasteiger partial charge >= 0.3 is 0 Å². The van der Waals surface area contributed by atoms with Gasteiger partial charge in [-0.1, -0.05) is 30.3 Å². The third kappa shape index (κ3) is 2.70. The van der Waals surface area contributed by atoms with Crippen LogP contribution in [0.5, 0.6) is 0 Å². The third-order valence-electron chi connectivity index (χ3n) is 3.54. The molecule has 3 rings (SSSR count). The summed E-state index contributed by atoms with van der Waals surface area (Å²) in [5, 5.41) is 14.7. The Labute approximate surface area is 133 Å². The quantitative estimate of drug-likeness (QED) is 0.661. The summed E-state index contributed by atoms with van der Waals surface area (Å²) < 4.78 is 0. The molecule has 2 N–H and O–H groups in total. The lowest BCUT2D eigenvalue weighted by Crippen LogP contribution is -2.17. The molecule has 0 atom stereocenters. The molecule has 2 aromatic carbocycles. The third-order valence-corrected chi connectivity index (χ3v) is 3.54. The lowest BCUT2D eigenvalue weighted by atomic mass is 10.0. The Morgan fingerprint density at radius 2 is 1.96 bits per heavy atom. The number of amides is 2. The van der Waals surface area contributed by atoms with Gasteiger partial charge in [-0.25, -0.2) is 0 Å². The van der Waals surface area contributed by atoms with Gasteiger partial charge in [-0.15, -0.1) is 0 Å². The molecule has 0 saturated carbocycles. The van der Waals surface area contributed by atoms with E-state index in [0.717, 1.165) is 5.56 Å². The molecule has 2 amide bonds. The molecule has 1 aliphatic heterocycles. The summed E-state index contributed by atoms with van der Waals surface area (Å²) in [6, 6.07) is 16.1. The highest BCUT2D eigenvalue weighted by atomic mass is 16.2. The number of hydrogen-bond acceptors (Lipinski definition) is 3. The molecule has 112 valence electrons. The molecule has 0 saturated heterocycles. The minimum Gasteiger partial charge on any atom is -0.321 e. The Morgan fingerprint density at radius 3 is 2.70 bits per heavy atom. The molecule has 0 radical (unpaired) electrons. The summed E-state index contributed by atoms with van der Waals surface area (Å²) in [4.78, 5) is 24.6. The SMILES string of the molecule is Cc1cccc(NC(=O)/C(C#N)=C2\C(=O)Nc3ccccc32)c1. The number of rotatable bonds is 2. The van der Waals surface area contributed by atoms with E-state index >= 15 is 0 Å². The van der Waals surface area contributed by atoms with Gasteiger partial charge in [-0.05, 0) is 30.7 Å². The van der Waals surface area contributed by atoms with Gasteiger partial charge in [-0.2, -0.15) is 5.26 Å². The van der Waals surface area contributed by atoms with E-state index in [9.17, 15) is 14.9 Å². The predicted molar refractivity (Wildman–Crippen MR) is 87.4 cm³/mol. The molecule has 23 heavy (non-hydrogen) atoms. The summed E-state index contributed by atoms with van der Waals surface area (Å²) in [6.07, 6.45) is 0. The van der Waals surface area contributed by atoms with Crippen LogP contribution < -0.4 is 10.6 Å². The van der Waals surface area contributed by atoms with Crippen LogP contribution in [-0.2, 0) is 9.59 Å². The van der Waals surface area contributed by atoms with Gasteiger partial charge in [0, 0.05) is 16.9 Å². The van der Waals surface area contributed by atoms with Gasteiger partial charge in [0.05, 0.1) is 5.57 Å². The van der Waals surface area contributed by atoms with Gasteiger partial charge in [0.25, 0.3) is 11.8 Å². The monoisotopic (exact) mass is 303 g/mol. The first-order valence-corrected chi connectivity index (χ1v) is 7.03. The number of nitrogens with one attached hydrogen (secondary N) is 2. The minimum atomic E-state index is -0.597. The summed E-state index contributed by atoms with van der Waals surface area (Å²) in [7, 11) is 0. The van der Waals surface area contributed by atoms with E-state index < -0.39 is 11.8 Å². The van der Waals surface area contributed by atoms with Crippen molar-refractivity contribution in [3.8, 4) is 6.07 Å². The molecular weight excluding hydrogens is 290 g/mol. The molecule has 0 unspecified atom stereocenters. The Bertz CT molecular complexity index is 891. The Balaban J connectivity index is 2.01. The van der Waals surface area contributed by atoms with Crippen LogP contribution in [0.4, 0.5) is 11.4 Å². The van der Waals surface area contributed by atoms with Crippen molar-refractivity contribution in [2.75, 3.05) is 10.6 Å². The molecule has 1 heterocycles. The van der Waals surface area contributed by atoms with Gasteiger partial charge in [0.2, 0.25) is 0 Å². The van der Waals surface area contributed by atoms with Crippen molar-refractivity contribution < 1.29 is 9.59 Å². The lowest BCUT2D eigenvalue weighted by molar-refractivity contribution is -0.113. The van der Waals surface area contributed by atoms with Crippen molar-refractivity contribution in [1.82, 2.24) is 0 Å². The van der Waals surface area contributed by atoms with E-state index in [4.69, 9.17) is 0 Å². The zero-order valence-electron chi connectivity index (χ0n) is 12.4. The van der Waals surface area contributed by atoms with Crippen LogP contribution in [0.25, 0.3) is 5.57 Å². The molecule has 5 nitrogen and oxygen atoms in total. The number of carbonyl (C=O) groups excluding carboxylic acids is 2. The summed E-state index contributed by atoms with van der Waals surface area (Å²) >= 11 is 0. The fourth-order valence-electron chi connectivity index (χ4n) is 2.50. The first kappa shape index (κ1) is 14.5. The second-order valence-corrected chi connectivity index (χ2v) is 5.19. The molecule has 2 aromatic rings. The van der Waals surface area contributed by atoms with Crippen molar-refractivity contribution in [2.24, 2.45) is 0 Å². The van der Waals surface area contributed by atoms with Crippen LogP contribution in [0.3, 0.4) is 0 Å². The van der Waals surface area contributed by atoms with E-state index in [-0.39, 0.29) is 11.1 Å². The number of aryl methyl sites for hydroxylation is 1. The highest BCUT2D eigenvalue weighted by Crippen LogP contribution is 2.33. The normalized spacial score (nSPS) is 14.5. The fourth-order valence-corrected chi connectivity index (χ4v) is 2.50. The number of nitriles is 1. The van der Waals surface area contributed by atoms with Crippen molar-refractivity contribution >= 4 is 28.8 Å². The van der Waals surface area contributed by atoms with Crippen LogP contribution >= 0.6 is 0 Å². The van der Waals surface area contributed by atoms with Crippen LogP contribution in [0, 0.1) is 18.3 Å². The number of para-hydroxylation sites is 1. The number of nitrogens with zero attached hydrogens (tertiary/aromatic N) is 1. The summed E-state index contributed by atoms with van der Waals surface area (Å²) in [5.41, 5.74) is 2.63. The largest absolute Gasteiger partial charge is 0.321 e. The topological polar surface area (TPSA) is 82.0 Å². The number of anilines is 2. The van der Waals surface area contributed by atoms with Crippen molar-refractivity contribution in [2.45, 2.75) is 6.92 Å². The van der Waals surface area contributed by atoms with Crippen molar-refractivity contribution in [3.05, 3.63) is 65.2 Å². The number of hydrogen-bond donors (Lipinski definition) is 2. The molecular formula is C18H13N3O2. The van der Waals surface area contributed by atoms with Gasteiger partial charge < -0.3 is 10.6 Å². The zero-order chi connectivity index (χ0) is 16.4. The van der Waals surface area contributed by atoms with Crippen LogP contribution in [0.1, 0.15) is 11.1 Å². The first-order chi connectivity index (χ1) is 11.1. The maximum atomic E-state index is 12.4. The molecule has 0 aromatic heterocycles. The highest BCUT2D eigenvalue weighted by molar-refractivity contribution is 6.37. The average Bonchev–Trinajstić information content (AvgIpc) is 2.85. The molecule has 0 spiro atoms.